The summed E-state index contributed by atoms with van der Waals surface area (Å²) in [5.74, 6) is -1.11. The van der Waals surface area contributed by atoms with E-state index in [1.54, 1.807) is 29.1 Å². The first-order chi connectivity index (χ1) is 30.5. The van der Waals surface area contributed by atoms with E-state index in [9.17, 15) is 24.0 Å². The monoisotopic (exact) mass is 853 g/mol. The topological polar surface area (TPSA) is 196 Å². The number of anilines is 5. The van der Waals surface area contributed by atoms with Crippen molar-refractivity contribution in [3.63, 3.8) is 0 Å². The van der Waals surface area contributed by atoms with Gasteiger partial charge in [0.05, 0.1) is 35.4 Å². The first kappa shape index (κ1) is 41.6. The minimum absolute atomic E-state index is 0.0236. The van der Waals surface area contributed by atoms with Crippen molar-refractivity contribution in [3.8, 4) is 0 Å². The average molecular weight is 854 g/mol. The highest BCUT2D eigenvalue weighted by molar-refractivity contribution is 6.25. The number of hydrogen-bond acceptors (Lipinski definition) is 13. The van der Waals surface area contributed by atoms with Crippen LogP contribution in [0.25, 0.3) is 11.0 Å². The van der Waals surface area contributed by atoms with Crippen molar-refractivity contribution >= 4 is 69.4 Å². The number of imide groups is 2. The summed E-state index contributed by atoms with van der Waals surface area (Å²) in [5.41, 5.74) is 8.65. The number of aryl methyl sites for hydroxylation is 3. The van der Waals surface area contributed by atoms with Crippen molar-refractivity contribution in [1.82, 2.24) is 40.2 Å². The van der Waals surface area contributed by atoms with Crippen LogP contribution in [0.15, 0.2) is 60.8 Å². The maximum absolute atomic E-state index is 13.6. The number of ether oxygens (including phenoxy) is 1. The molecule has 0 spiro atoms. The summed E-state index contributed by atoms with van der Waals surface area (Å²) < 4.78 is 7.71. The minimum atomic E-state index is -1.02. The van der Waals surface area contributed by atoms with Crippen LogP contribution in [0.2, 0.25) is 0 Å². The van der Waals surface area contributed by atoms with E-state index in [0.29, 0.717) is 63.1 Å². The molecule has 63 heavy (non-hydrogen) atoms. The molecule has 2 fully saturated rings. The normalized spacial score (nSPS) is 18.1. The van der Waals surface area contributed by atoms with Crippen molar-refractivity contribution < 1.29 is 28.7 Å². The van der Waals surface area contributed by atoms with Crippen molar-refractivity contribution in [2.24, 2.45) is 13.0 Å². The van der Waals surface area contributed by atoms with Gasteiger partial charge in [-0.25, -0.2) is 9.67 Å². The molecule has 2 aromatic heterocycles. The third-order valence-electron chi connectivity index (χ3n) is 12.6. The molecule has 4 aliphatic rings. The number of nitrogens with zero attached hydrogens (tertiary/aromatic N) is 7. The van der Waals surface area contributed by atoms with Crippen LogP contribution < -0.4 is 26.2 Å². The van der Waals surface area contributed by atoms with Crippen LogP contribution in [0.4, 0.5) is 28.8 Å². The third kappa shape index (κ3) is 8.45. The maximum Gasteiger partial charge on any atom is 0.264 e. The van der Waals surface area contributed by atoms with E-state index < -0.39 is 29.7 Å². The van der Waals surface area contributed by atoms with Crippen LogP contribution in [-0.4, -0.2) is 111 Å². The smallest absolute Gasteiger partial charge is 0.264 e. The summed E-state index contributed by atoms with van der Waals surface area (Å²) in [6, 6.07) is 16.7. The van der Waals surface area contributed by atoms with E-state index in [2.05, 4.69) is 75.3 Å². The predicted molar refractivity (Wildman–Crippen MR) is 236 cm³/mol. The lowest BCUT2D eigenvalue weighted by Crippen LogP contribution is -2.54. The number of para-hydroxylation sites is 1. The van der Waals surface area contributed by atoms with Crippen LogP contribution in [-0.2, 0) is 39.1 Å². The van der Waals surface area contributed by atoms with E-state index in [0.717, 1.165) is 64.5 Å². The molecule has 3 aromatic carbocycles. The van der Waals surface area contributed by atoms with Crippen LogP contribution in [0.1, 0.15) is 68.7 Å². The molecular formula is C46H51N11O6. The fourth-order valence-corrected chi connectivity index (χ4v) is 9.16. The first-order valence-corrected chi connectivity index (χ1v) is 21.6. The van der Waals surface area contributed by atoms with E-state index in [1.807, 2.05) is 18.0 Å². The van der Waals surface area contributed by atoms with Gasteiger partial charge in [-0.1, -0.05) is 30.3 Å². The summed E-state index contributed by atoms with van der Waals surface area (Å²) in [4.78, 5) is 79.0. The molecule has 1 atom stereocenters. The number of benzene rings is 3. The van der Waals surface area contributed by atoms with E-state index in [-0.39, 0.29) is 35.8 Å². The Hall–Kier alpha value is -6.72. The van der Waals surface area contributed by atoms with Crippen molar-refractivity contribution in [2.45, 2.75) is 58.5 Å². The predicted octanol–water partition coefficient (Wildman–Crippen LogP) is 4.28. The molecule has 6 heterocycles. The number of aromatic nitrogens is 4. The standard InChI is InChI=1S/C46H51N11O6/c1-27-6-4-7-28(2)39(27)51-40-34-25-48-46(52-41(34)54(3)53-40)49-32-11-10-29-14-18-55(26-31(29)24-32)21-23-63-22-17-47-42(59)30-15-19-56(20-16-30)35-9-5-8-33-38(35)45(62)57(44(33)61)36-12-13-37(58)50-43(36)60/h4-11,24-25,30,36H,12-23,26H2,1-3H3,(H,47,59)(H,51,53)(H,48,49,52)(H,50,58,60). The lowest BCUT2D eigenvalue weighted by molar-refractivity contribution is -0.136. The van der Waals surface area contributed by atoms with Gasteiger partial charge in [0, 0.05) is 76.2 Å². The van der Waals surface area contributed by atoms with Gasteiger partial charge in [-0.3, -0.25) is 39.1 Å². The van der Waals surface area contributed by atoms with E-state index >= 15 is 0 Å². The lowest BCUT2D eigenvalue weighted by atomic mass is 9.94. The Balaban J connectivity index is 0.709. The Morgan fingerprint density at radius 1 is 0.889 bits per heavy atom. The highest BCUT2D eigenvalue weighted by Crippen LogP contribution is 2.36. The van der Waals surface area contributed by atoms with Crippen molar-refractivity contribution in [1.29, 1.82) is 0 Å². The van der Waals surface area contributed by atoms with Gasteiger partial charge in [0.1, 0.15) is 6.04 Å². The van der Waals surface area contributed by atoms with Gasteiger partial charge >= 0.3 is 0 Å². The second kappa shape index (κ2) is 17.6. The molecule has 0 aliphatic carbocycles. The van der Waals surface area contributed by atoms with Gasteiger partial charge in [-0.2, -0.15) is 10.1 Å². The van der Waals surface area contributed by atoms with Gasteiger partial charge in [-0.05, 0) is 86.1 Å². The Labute approximate surface area is 364 Å². The minimum Gasteiger partial charge on any atom is -0.378 e. The highest BCUT2D eigenvalue weighted by Gasteiger charge is 2.46. The summed E-state index contributed by atoms with van der Waals surface area (Å²) in [7, 11) is 1.88. The van der Waals surface area contributed by atoms with Gasteiger partial charge in [-0.15, -0.1) is 0 Å². The Morgan fingerprint density at radius 2 is 1.68 bits per heavy atom. The van der Waals surface area contributed by atoms with Crippen LogP contribution >= 0.6 is 0 Å². The zero-order valence-corrected chi connectivity index (χ0v) is 35.7. The summed E-state index contributed by atoms with van der Waals surface area (Å²) in [6.07, 6.45) is 4.08. The van der Waals surface area contributed by atoms with Gasteiger partial charge in [0.2, 0.25) is 23.7 Å². The Morgan fingerprint density at radius 3 is 2.48 bits per heavy atom. The number of piperidine rings is 2. The average Bonchev–Trinajstić information content (AvgIpc) is 3.73. The molecule has 5 amide bonds. The second-order valence-electron chi connectivity index (χ2n) is 16.7. The third-order valence-corrected chi connectivity index (χ3v) is 12.6. The zero-order chi connectivity index (χ0) is 43.8. The van der Waals surface area contributed by atoms with E-state index in [1.165, 1.54) is 11.1 Å². The number of carbonyl (C=O) groups is 5. The fraction of sp³-hybridized carbons (Fsp3) is 0.391. The molecule has 4 aliphatic heterocycles. The second-order valence-corrected chi connectivity index (χ2v) is 16.7. The summed E-state index contributed by atoms with van der Waals surface area (Å²) >= 11 is 0. The largest absolute Gasteiger partial charge is 0.378 e. The molecule has 17 heteroatoms. The molecule has 0 bridgehead atoms. The van der Waals surface area contributed by atoms with Gasteiger partial charge < -0.3 is 25.6 Å². The Kier molecular flexibility index (Phi) is 11.6. The highest BCUT2D eigenvalue weighted by atomic mass is 16.5. The Bertz CT molecular complexity index is 2620. The molecule has 4 N–H and O–H groups in total. The van der Waals surface area contributed by atoms with Gasteiger partial charge in [0.25, 0.3) is 11.8 Å². The van der Waals surface area contributed by atoms with E-state index in [4.69, 9.17) is 14.8 Å². The maximum atomic E-state index is 13.6. The molecular weight excluding hydrogens is 803 g/mol. The molecule has 17 nitrogen and oxygen atoms in total. The number of fused-ring (bicyclic) bond motifs is 3. The molecule has 0 radical (unpaired) electrons. The molecule has 9 rings (SSSR count). The molecule has 2 saturated heterocycles. The molecule has 5 aromatic rings. The number of rotatable bonds is 13. The first-order valence-electron chi connectivity index (χ1n) is 21.6. The number of hydrogen-bond donors (Lipinski definition) is 4. The lowest BCUT2D eigenvalue weighted by Gasteiger charge is -2.34. The van der Waals surface area contributed by atoms with Crippen molar-refractivity contribution in [2.75, 3.05) is 61.5 Å². The summed E-state index contributed by atoms with van der Waals surface area (Å²) in [6.45, 7) is 9.07. The zero-order valence-electron chi connectivity index (χ0n) is 35.7. The number of carbonyl (C=O) groups excluding carboxylic acids is 5. The number of nitrogens with one attached hydrogen (secondary N) is 4. The quantitative estimate of drug-likeness (QED) is 0.0970. The number of amides is 5. The molecule has 0 saturated carbocycles. The van der Waals surface area contributed by atoms with Crippen LogP contribution in [0, 0.1) is 19.8 Å². The molecule has 1 unspecified atom stereocenters. The van der Waals surface area contributed by atoms with Crippen molar-refractivity contribution in [3.05, 3.63) is 94.2 Å². The van der Waals surface area contributed by atoms with Crippen LogP contribution in [0.3, 0.4) is 0 Å². The summed E-state index contributed by atoms with van der Waals surface area (Å²) in [5, 5.41) is 17.7. The fourth-order valence-electron chi connectivity index (χ4n) is 9.16. The molecule has 326 valence electrons. The van der Waals surface area contributed by atoms with Gasteiger partial charge in [0.15, 0.2) is 11.5 Å². The van der Waals surface area contributed by atoms with Crippen LogP contribution in [0.5, 0.6) is 0 Å². The SMILES string of the molecule is Cc1cccc(C)c1Nc1nn(C)c2nc(Nc3ccc4c(c3)CN(CCOCCNC(=O)C3CCN(c5cccc6c5C(=O)N(C5CCC(=O)NC5=O)C6=O)CC3)CC4)ncc12.